The van der Waals surface area contributed by atoms with Crippen molar-refractivity contribution in [2.75, 3.05) is 0 Å². The number of unbranched alkanes of at least 4 members (excludes halogenated alkanes) is 3. The third-order valence-corrected chi connectivity index (χ3v) is 6.96. The number of rotatable bonds is 9. The first kappa shape index (κ1) is 27.5. The summed E-state index contributed by atoms with van der Waals surface area (Å²) in [5, 5.41) is 10.1. The van der Waals surface area contributed by atoms with E-state index in [4.69, 9.17) is 21.1 Å². The Bertz CT molecular complexity index is 1180. The largest absolute Gasteiger partial charge is 0.507 e. The lowest BCUT2D eigenvalue weighted by Crippen LogP contribution is -2.51. The molecule has 7 heteroatoms. The predicted octanol–water partition coefficient (Wildman–Crippen LogP) is 6.46. The quantitative estimate of drug-likeness (QED) is 0.177. The molecule has 1 aromatic rings. The van der Waals surface area contributed by atoms with Crippen LogP contribution in [0.1, 0.15) is 70.9 Å². The molecule has 0 saturated heterocycles. The molecule has 0 amide bonds. The van der Waals surface area contributed by atoms with Crippen LogP contribution >= 0.6 is 11.6 Å². The highest BCUT2D eigenvalue weighted by atomic mass is 35.5. The third-order valence-electron chi connectivity index (χ3n) is 6.58. The Kier molecular flexibility index (Phi) is 8.62. The molecule has 0 fully saturated rings. The van der Waals surface area contributed by atoms with E-state index in [0.29, 0.717) is 11.1 Å². The van der Waals surface area contributed by atoms with E-state index in [9.17, 15) is 19.5 Å². The van der Waals surface area contributed by atoms with Gasteiger partial charge in [-0.1, -0.05) is 69.3 Å². The summed E-state index contributed by atoms with van der Waals surface area (Å²) in [4.78, 5) is 39.4. The van der Waals surface area contributed by atoms with Gasteiger partial charge in [-0.05, 0) is 50.8 Å². The smallest absolute Gasteiger partial charge is 0.334 e. The number of esters is 1. The SMILES string of the molecule is CCCCCCC(C)C=C(C)C(=O)OC1(C)C(=O)C2=COC(c3c(C)cccc3O)=CC2=C(Cl)C1=O. The number of ether oxygens (including phenoxy) is 2. The molecule has 2 aliphatic rings. The van der Waals surface area contributed by atoms with E-state index in [1.165, 1.54) is 31.7 Å². The molecule has 1 aliphatic carbocycles. The molecular weight excluding hydrogens is 480 g/mol. The van der Waals surface area contributed by atoms with Gasteiger partial charge < -0.3 is 14.6 Å². The molecule has 3 rings (SSSR count). The fourth-order valence-corrected chi connectivity index (χ4v) is 4.75. The van der Waals surface area contributed by atoms with Crippen molar-refractivity contribution in [3.63, 3.8) is 0 Å². The first-order valence-electron chi connectivity index (χ1n) is 12.3. The number of allylic oxidation sites excluding steroid dienone is 3. The van der Waals surface area contributed by atoms with Gasteiger partial charge in [-0.3, -0.25) is 9.59 Å². The van der Waals surface area contributed by atoms with Gasteiger partial charge in [-0.2, -0.15) is 0 Å². The first-order chi connectivity index (χ1) is 17.0. The van der Waals surface area contributed by atoms with Crippen molar-refractivity contribution in [2.24, 2.45) is 5.92 Å². The monoisotopic (exact) mass is 512 g/mol. The molecule has 1 heterocycles. The fourth-order valence-electron chi connectivity index (χ4n) is 4.41. The van der Waals surface area contributed by atoms with Gasteiger partial charge in [0.1, 0.15) is 17.8 Å². The zero-order chi connectivity index (χ0) is 26.6. The normalized spacial score (nSPS) is 20.9. The second kappa shape index (κ2) is 11.3. The van der Waals surface area contributed by atoms with Crippen LogP contribution in [0.25, 0.3) is 5.76 Å². The number of hydrogen-bond acceptors (Lipinski definition) is 6. The number of halogens is 1. The van der Waals surface area contributed by atoms with Crippen LogP contribution in [0, 0.1) is 12.8 Å². The van der Waals surface area contributed by atoms with Gasteiger partial charge in [-0.15, -0.1) is 0 Å². The van der Waals surface area contributed by atoms with E-state index in [2.05, 4.69) is 6.92 Å². The number of ketones is 2. The lowest BCUT2D eigenvalue weighted by Gasteiger charge is -2.33. The van der Waals surface area contributed by atoms with E-state index < -0.39 is 23.1 Å². The number of phenols is 1. The summed E-state index contributed by atoms with van der Waals surface area (Å²) in [6.07, 6.45) is 9.92. The summed E-state index contributed by atoms with van der Waals surface area (Å²) in [6.45, 7) is 8.84. The molecule has 2 atom stereocenters. The van der Waals surface area contributed by atoms with Crippen LogP contribution in [0.5, 0.6) is 5.75 Å². The number of carbonyl (C=O) groups is 3. The van der Waals surface area contributed by atoms with E-state index in [-0.39, 0.29) is 33.6 Å². The number of phenolic OH excluding ortho intramolecular Hbond substituents is 1. The number of fused-ring (bicyclic) bond motifs is 1. The van der Waals surface area contributed by atoms with Crippen molar-refractivity contribution in [1.82, 2.24) is 0 Å². The fraction of sp³-hybridized carbons (Fsp3) is 0.414. The molecule has 36 heavy (non-hydrogen) atoms. The Labute approximate surface area is 217 Å². The Morgan fingerprint density at radius 1 is 1.22 bits per heavy atom. The molecular formula is C29H33ClO6. The topological polar surface area (TPSA) is 89.9 Å². The molecule has 192 valence electrons. The Hall–Kier alpha value is -3.12. The van der Waals surface area contributed by atoms with E-state index in [1.54, 1.807) is 26.0 Å². The molecule has 0 spiro atoms. The minimum absolute atomic E-state index is 0.0103. The van der Waals surface area contributed by atoms with Crippen LogP contribution in [0.4, 0.5) is 0 Å². The minimum Gasteiger partial charge on any atom is -0.507 e. The zero-order valence-corrected chi connectivity index (χ0v) is 22.2. The van der Waals surface area contributed by atoms with Gasteiger partial charge in [0.15, 0.2) is 0 Å². The summed E-state index contributed by atoms with van der Waals surface area (Å²) in [6, 6.07) is 5.00. The van der Waals surface area contributed by atoms with Crippen molar-refractivity contribution in [2.45, 2.75) is 72.3 Å². The van der Waals surface area contributed by atoms with Gasteiger partial charge in [0, 0.05) is 11.1 Å². The first-order valence-corrected chi connectivity index (χ1v) is 12.7. The number of aryl methyl sites for hydroxylation is 1. The molecule has 1 N–H and O–H groups in total. The van der Waals surface area contributed by atoms with E-state index in [0.717, 1.165) is 31.2 Å². The van der Waals surface area contributed by atoms with E-state index in [1.807, 2.05) is 13.0 Å². The zero-order valence-electron chi connectivity index (χ0n) is 21.4. The van der Waals surface area contributed by atoms with Gasteiger partial charge in [0.2, 0.25) is 17.2 Å². The number of carbonyl (C=O) groups excluding carboxylic acids is 3. The van der Waals surface area contributed by atoms with Crippen molar-refractivity contribution >= 4 is 34.9 Å². The summed E-state index contributed by atoms with van der Waals surface area (Å²) in [5.74, 6) is -1.87. The maximum Gasteiger partial charge on any atom is 0.334 e. The minimum atomic E-state index is -2.11. The van der Waals surface area contributed by atoms with Crippen LogP contribution in [0.15, 0.2) is 58.4 Å². The van der Waals surface area contributed by atoms with Gasteiger partial charge >= 0.3 is 5.97 Å². The van der Waals surface area contributed by atoms with Crippen molar-refractivity contribution in [1.29, 1.82) is 0 Å². The molecule has 0 aromatic heterocycles. The maximum absolute atomic E-state index is 13.4. The highest BCUT2D eigenvalue weighted by molar-refractivity contribution is 6.49. The van der Waals surface area contributed by atoms with Crippen molar-refractivity contribution < 1.29 is 29.0 Å². The highest BCUT2D eigenvalue weighted by Gasteiger charge is 2.53. The Balaban J connectivity index is 1.84. The lowest BCUT2D eigenvalue weighted by atomic mass is 9.79. The summed E-state index contributed by atoms with van der Waals surface area (Å²) in [5.41, 5.74) is -0.424. The molecule has 1 aliphatic heterocycles. The molecule has 1 aromatic carbocycles. The molecule has 6 nitrogen and oxygen atoms in total. The van der Waals surface area contributed by atoms with Crippen LogP contribution in [-0.2, 0) is 23.9 Å². The van der Waals surface area contributed by atoms with Crippen LogP contribution in [0.2, 0.25) is 0 Å². The third kappa shape index (κ3) is 5.49. The van der Waals surface area contributed by atoms with Crippen LogP contribution in [-0.4, -0.2) is 28.2 Å². The molecule has 2 unspecified atom stereocenters. The lowest BCUT2D eigenvalue weighted by molar-refractivity contribution is -0.165. The standard InChI is InChI=1S/C29H33ClO6/c1-6-7-8-9-11-17(2)14-19(4)28(34)36-29(5)26(32)21-16-35-23(15-20(21)25(30)27(29)33)24-18(3)12-10-13-22(24)31/h10,12-17,31H,6-9,11H2,1-5H3. The van der Waals surface area contributed by atoms with Crippen molar-refractivity contribution in [3.05, 3.63) is 69.5 Å². The number of benzene rings is 1. The van der Waals surface area contributed by atoms with Gasteiger partial charge in [-0.25, -0.2) is 4.79 Å². The number of hydrogen-bond donors (Lipinski definition) is 1. The highest BCUT2D eigenvalue weighted by Crippen LogP contribution is 2.42. The Morgan fingerprint density at radius 2 is 1.94 bits per heavy atom. The average molecular weight is 513 g/mol. The summed E-state index contributed by atoms with van der Waals surface area (Å²) in [7, 11) is 0. The maximum atomic E-state index is 13.4. The number of Topliss-reactive ketones (excluding diaryl/α,β-unsaturated/α-hetero) is 2. The van der Waals surface area contributed by atoms with Gasteiger partial charge in [0.25, 0.3) is 0 Å². The predicted molar refractivity (Wildman–Crippen MR) is 139 cm³/mol. The van der Waals surface area contributed by atoms with Crippen molar-refractivity contribution in [3.8, 4) is 5.75 Å². The second-order valence-electron chi connectivity index (χ2n) is 9.61. The number of aromatic hydroxyl groups is 1. The second-order valence-corrected chi connectivity index (χ2v) is 9.99. The molecule has 0 bridgehead atoms. The van der Waals surface area contributed by atoms with Crippen LogP contribution < -0.4 is 0 Å². The van der Waals surface area contributed by atoms with Crippen LogP contribution in [0.3, 0.4) is 0 Å². The molecule has 0 radical (unpaired) electrons. The van der Waals surface area contributed by atoms with E-state index >= 15 is 0 Å². The summed E-state index contributed by atoms with van der Waals surface area (Å²) >= 11 is 6.42. The summed E-state index contributed by atoms with van der Waals surface area (Å²) < 4.78 is 11.2. The Morgan fingerprint density at radius 3 is 2.61 bits per heavy atom. The molecule has 0 saturated carbocycles. The average Bonchev–Trinajstić information content (AvgIpc) is 2.84. The van der Waals surface area contributed by atoms with Gasteiger partial charge in [0.05, 0.1) is 16.2 Å².